The van der Waals surface area contributed by atoms with E-state index in [-0.39, 0.29) is 0 Å². The van der Waals surface area contributed by atoms with Gasteiger partial charge in [-0.05, 0) is 25.0 Å². The van der Waals surface area contributed by atoms with E-state index in [4.69, 9.17) is 14.3 Å². The number of aromatic nitrogens is 4. The predicted molar refractivity (Wildman–Crippen MR) is 94.1 cm³/mol. The van der Waals surface area contributed by atoms with Crippen LogP contribution < -0.4 is 9.64 Å². The first-order valence-corrected chi connectivity index (χ1v) is 8.76. The first-order chi connectivity index (χ1) is 12.8. The van der Waals surface area contributed by atoms with E-state index in [2.05, 4.69) is 30.7 Å². The third-order valence-electron chi connectivity index (χ3n) is 5.13. The van der Waals surface area contributed by atoms with E-state index in [1.807, 2.05) is 12.1 Å². The number of rotatable bonds is 3. The summed E-state index contributed by atoms with van der Waals surface area (Å²) in [6, 6.07) is 5.99. The van der Waals surface area contributed by atoms with Gasteiger partial charge >= 0.3 is 0 Å². The highest BCUT2D eigenvalue weighted by Crippen LogP contribution is 2.43. The van der Waals surface area contributed by atoms with E-state index in [1.54, 1.807) is 13.4 Å². The highest BCUT2D eigenvalue weighted by Gasteiger charge is 2.37. The van der Waals surface area contributed by atoms with Crippen molar-refractivity contribution in [2.24, 2.45) is 4.99 Å². The molecule has 0 saturated heterocycles. The van der Waals surface area contributed by atoms with Gasteiger partial charge in [0.2, 0.25) is 0 Å². The van der Waals surface area contributed by atoms with Gasteiger partial charge in [-0.1, -0.05) is 11.2 Å². The average Bonchev–Trinajstić information content (AvgIpc) is 3.09. The molecule has 130 valence electrons. The second-order valence-corrected chi connectivity index (χ2v) is 6.73. The van der Waals surface area contributed by atoms with Crippen molar-refractivity contribution in [3.05, 3.63) is 35.9 Å². The van der Waals surface area contributed by atoms with E-state index >= 15 is 0 Å². The highest BCUT2D eigenvalue weighted by molar-refractivity contribution is 6.17. The quantitative estimate of drug-likeness (QED) is 0.723. The maximum Gasteiger partial charge on any atom is 0.280 e. The number of methoxy groups -OCH3 is 1. The van der Waals surface area contributed by atoms with E-state index in [9.17, 15) is 0 Å². The van der Waals surface area contributed by atoms with Gasteiger partial charge < -0.3 is 14.2 Å². The number of anilines is 1. The Balaban J connectivity index is 1.57. The molecule has 8 nitrogen and oxygen atoms in total. The number of imidazole rings is 1. The topological polar surface area (TPSA) is 81.6 Å². The molecular formula is C18H16N6O2. The lowest BCUT2D eigenvalue weighted by atomic mass is 10.1. The van der Waals surface area contributed by atoms with Gasteiger partial charge in [0.15, 0.2) is 17.3 Å². The third kappa shape index (κ3) is 1.78. The van der Waals surface area contributed by atoms with Crippen LogP contribution in [0.4, 0.5) is 5.82 Å². The maximum absolute atomic E-state index is 5.58. The molecule has 0 unspecified atom stereocenters. The van der Waals surface area contributed by atoms with E-state index < -0.39 is 0 Å². The average molecular weight is 348 g/mol. The van der Waals surface area contributed by atoms with Crippen molar-refractivity contribution >= 4 is 11.7 Å². The van der Waals surface area contributed by atoms with Gasteiger partial charge in [0.1, 0.15) is 17.9 Å². The molecule has 0 amide bonds. The molecule has 0 spiro atoms. The summed E-state index contributed by atoms with van der Waals surface area (Å²) in [5, 5.41) is 4.14. The second-order valence-electron chi connectivity index (χ2n) is 6.73. The normalized spacial score (nSPS) is 17.6. The molecule has 4 heterocycles. The summed E-state index contributed by atoms with van der Waals surface area (Å²) >= 11 is 0. The molecule has 0 bridgehead atoms. The van der Waals surface area contributed by atoms with E-state index in [0.29, 0.717) is 17.5 Å². The Bertz CT molecular complexity index is 1060. The van der Waals surface area contributed by atoms with Gasteiger partial charge in [-0.2, -0.15) is 4.98 Å². The maximum atomic E-state index is 5.58. The van der Waals surface area contributed by atoms with Crippen LogP contribution in [0.3, 0.4) is 0 Å². The summed E-state index contributed by atoms with van der Waals surface area (Å²) in [6.45, 7) is 1.52. The SMILES string of the molecule is COc1cccc2c1C1=NCCN1c1c(-c3nc(C4CC4)no3)ncn1-2. The minimum atomic E-state index is 0.444. The van der Waals surface area contributed by atoms with Gasteiger partial charge in [0.05, 0.1) is 24.9 Å². The van der Waals surface area contributed by atoms with Crippen molar-refractivity contribution in [2.45, 2.75) is 18.8 Å². The molecule has 1 aliphatic carbocycles. The minimum Gasteiger partial charge on any atom is -0.496 e. The molecule has 3 aliphatic rings. The summed E-state index contributed by atoms with van der Waals surface area (Å²) in [5.74, 6) is 4.34. The number of amidine groups is 1. The molecule has 1 fully saturated rings. The fourth-order valence-electron chi connectivity index (χ4n) is 3.75. The molecule has 26 heavy (non-hydrogen) atoms. The lowest BCUT2D eigenvalue weighted by molar-refractivity contribution is 0.413. The fraction of sp³-hybridized carbons (Fsp3) is 0.333. The van der Waals surface area contributed by atoms with Crippen LogP contribution in [-0.4, -0.2) is 45.7 Å². The van der Waals surface area contributed by atoms with Gasteiger partial charge in [-0.15, -0.1) is 0 Å². The van der Waals surface area contributed by atoms with Crippen LogP contribution in [0.5, 0.6) is 5.75 Å². The van der Waals surface area contributed by atoms with Crippen molar-refractivity contribution in [1.29, 1.82) is 0 Å². The number of nitrogens with zero attached hydrogens (tertiary/aromatic N) is 6. The number of benzene rings is 1. The highest BCUT2D eigenvalue weighted by atomic mass is 16.5. The van der Waals surface area contributed by atoms with Crippen LogP contribution >= 0.6 is 0 Å². The standard InChI is InChI=1S/C18H16N6O2/c1-25-12-4-2-3-11-13(12)16-19-7-8-23(16)18-14(20-9-24(11)18)17-21-15(22-26-17)10-5-6-10/h2-4,9-10H,5-8H2,1H3. The molecule has 3 aromatic rings. The molecular weight excluding hydrogens is 332 g/mol. The van der Waals surface area contributed by atoms with Crippen molar-refractivity contribution in [3.63, 3.8) is 0 Å². The van der Waals surface area contributed by atoms with Crippen molar-refractivity contribution in [3.8, 4) is 23.0 Å². The molecule has 1 saturated carbocycles. The second kappa shape index (κ2) is 4.94. The molecule has 2 aromatic heterocycles. The van der Waals surface area contributed by atoms with Crippen LogP contribution in [0.15, 0.2) is 34.0 Å². The first-order valence-electron chi connectivity index (χ1n) is 8.76. The van der Waals surface area contributed by atoms with Crippen LogP contribution in [0, 0.1) is 0 Å². The summed E-state index contributed by atoms with van der Waals surface area (Å²) in [7, 11) is 1.68. The molecule has 0 atom stereocenters. The Kier molecular flexibility index (Phi) is 2.67. The fourth-order valence-corrected chi connectivity index (χ4v) is 3.75. The summed E-state index contributed by atoms with van der Waals surface area (Å²) in [6.07, 6.45) is 4.08. The van der Waals surface area contributed by atoms with Gasteiger partial charge in [0, 0.05) is 12.5 Å². The van der Waals surface area contributed by atoms with Gasteiger partial charge in [0.25, 0.3) is 5.89 Å². The van der Waals surface area contributed by atoms with Crippen molar-refractivity contribution in [1.82, 2.24) is 19.7 Å². The van der Waals surface area contributed by atoms with E-state index in [0.717, 1.165) is 60.4 Å². The van der Waals surface area contributed by atoms with E-state index in [1.165, 1.54) is 0 Å². The summed E-state index contributed by atoms with van der Waals surface area (Å²) in [4.78, 5) is 16.1. The molecule has 0 N–H and O–H groups in total. The Hall–Kier alpha value is -3.16. The minimum absolute atomic E-state index is 0.444. The Labute approximate surface area is 149 Å². The lowest BCUT2D eigenvalue weighted by Crippen LogP contribution is -2.35. The molecule has 8 heteroatoms. The smallest absolute Gasteiger partial charge is 0.280 e. The molecule has 0 radical (unpaired) electrons. The number of fused-ring (bicyclic) bond motifs is 6. The molecule has 1 aromatic carbocycles. The zero-order chi connectivity index (χ0) is 17.3. The number of hydrogen-bond donors (Lipinski definition) is 0. The van der Waals surface area contributed by atoms with Gasteiger partial charge in [-0.25, -0.2) is 4.98 Å². The van der Waals surface area contributed by atoms with Gasteiger partial charge in [-0.3, -0.25) is 9.56 Å². The Morgan fingerprint density at radius 3 is 3.04 bits per heavy atom. The monoisotopic (exact) mass is 348 g/mol. The van der Waals surface area contributed by atoms with Crippen LogP contribution in [0.25, 0.3) is 17.3 Å². The first kappa shape index (κ1) is 14.1. The van der Waals surface area contributed by atoms with Crippen LogP contribution in [-0.2, 0) is 0 Å². The summed E-state index contributed by atoms with van der Waals surface area (Å²) in [5.41, 5.74) is 2.69. The molecule has 2 aliphatic heterocycles. The van der Waals surface area contributed by atoms with Crippen LogP contribution in [0.1, 0.15) is 30.1 Å². The van der Waals surface area contributed by atoms with Crippen LogP contribution in [0.2, 0.25) is 0 Å². The number of ether oxygens (including phenoxy) is 1. The Morgan fingerprint density at radius 1 is 1.27 bits per heavy atom. The third-order valence-corrected chi connectivity index (χ3v) is 5.13. The van der Waals surface area contributed by atoms with Crippen molar-refractivity contribution in [2.75, 3.05) is 25.1 Å². The molecule has 6 rings (SSSR count). The number of hydrogen-bond acceptors (Lipinski definition) is 7. The lowest BCUT2D eigenvalue weighted by Gasteiger charge is -2.30. The number of aliphatic imine (C=N–C) groups is 1. The zero-order valence-electron chi connectivity index (χ0n) is 14.2. The predicted octanol–water partition coefficient (Wildman–Crippen LogP) is 2.39. The summed E-state index contributed by atoms with van der Waals surface area (Å²) < 4.78 is 13.2. The zero-order valence-corrected chi connectivity index (χ0v) is 14.2. The Morgan fingerprint density at radius 2 is 2.19 bits per heavy atom. The largest absolute Gasteiger partial charge is 0.496 e. The van der Waals surface area contributed by atoms with Crippen molar-refractivity contribution < 1.29 is 9.26 Å².